The van der Waals surface area contributed by atoms with Crippen molar-refractivity contribution in [1.82, 2.24) is 0 Å². The molecule has 0 aliphatic carbocycles. The van der Waals surface area contributed by atoms with E-state index in [0.29, 0.717) is 44.9 Å². The molecule has 2 heterocycles. The second-order valence-electron chi connectivity index (χ2n) is 26.4. The molecule has 2 aliphatic heterocycles. The van der Waals surface area contributed by atoms with E-state index in [1.54, 1.807) is 45.1 Å². The molecule has 0 radical (unpaired) electrons. The first-order chi connectivity index (χ1) is 43.5. The van der Waals surface area contributed by atoms with Crippen LogP contribution in [0.3, 0.4) is 0 Å². The Morgan fingerprint density at radius 1 is 0.500 bits per heavy atom. The van der Waals surface area contributed by atoms with Gasteiger partial charge in [-0.3, -0.25) is 0 Å². The molecule has 540 valence electrons. The molecule has 2 fully saturated rings. The number of allylic oxidation sites excluding steroid dienone is 4. The van der Waals surface area contributed by atoms with Gasteiger partial charge in [0.1, 0.15) is 67.1 Å². The lowest BCUT2D eigenvalue weighted by atomic mass is 9.85. The number of aliphatic hydroxyl groups is 22. The quantitative estimate of drug-likeness (QED) is 0.0227. The second-order valence-corrected chi connectivity index (χ2v) is 26.7. The molecule has 22 N–H and O–H groups in total. The summed E-state index contributed by atoms with van der Waals surface area (Å²) in [6.07, 6.45) is -13.8. The van der Waals surface area contributed by atoms with E-state index in [9.17, 15) is 107 Å². The van der Waals surface area contributed by atoms with E-state index in [1.807, 2.05) is 6.08 Å². The molecule has 28 unspecified atom stereocenters. The highest BCUT2D eigenvalue weighted by Crippen LogP contribution is 2.33. The minimum absolute atomic E-state index is 0.0254. The van der Waals surface area contributed by atoms with E-state index in [2.05, 4.69) is 12.7 Å². The van der Waals surface area contributed by atoms with Gasteiger partial charge in [0, 0.05) is 18.4 Å². The average Bonchev–Trinajstić information content (AvgIpc) is 0.872. The van der Waals surface area contributed by atoms with Crippen LogP contribution in [0.5, 0.6) is 0 Å². The van der Waals surface area contributed by atoms with Crippen molar-refractivity contribution in [3.05, 3.63) is 60.2 Å². The van der Waals surface area contributed by atoms with Crippen molar-refractivity contribution >= 4 is 11.6 Å². The first-order valence-electron chi connectivity index (χ1n) is 33.6. The molecule has 0 saturated carbocycles. The summed E-state index contributed by atoms with van der Waals surface area (Å²) in [6.45, 7) is 8.34. The maximum atomic E-state index is 11.2. The Bertz CT molecular complexity index is 2030. The highest BCUT2D eigenvalue weighted by molar-refractivity contribution is 6.25. The van der Waals surface area contributed by atoms with Gasteiger partial charge in [-0.1, -0.05) is 114 Å². The predicted molar refractivity (Wildman–Crippen MR) is 345 cm³/mol. The number of aliphatic hydroxyl groups excluding tert-OH is 22. The highest BCUT2D eigenvalue weighted by Gasteiger charge is 2.49. The van der Waals surface area contributed by atoms with Crippen LogP contribution < -0.4 is 0 Å². The Hall–Kier alpha value is -1.97. The van der Waals surface area contributed by atoms with Gasteiger partial charge in [-0.25, -0.2) is 0 Å². The summed E-state index contributed by atoms with van der Waals surface area (Å²) in [7, 11) is 0. The van der Waals surface area contributed by atoms with Crippen molar-refractivity contribution in [2.45, 2.75) is 334 Å². The van der Waals surface area contributed by atoms with Crippen molar-refractivity contribution in [1.29, 1.82) is 0 Å². The van der Waals surface area contributed by atoms with Crippen molar-refractivity contribution in [3.63, 3.8) is 0 Å². The molecule has 2 saturated heterocycles. The molecule has 92 heavy (non-hydrogen) atoms. The molecule has 28 atom stereocenters. The van der Waals surface area contributed by atoms with Crippen LogP contribution in [0.4, 0.5) is 0 Å². The van der Waals surface area contributed by atoms with E-state index < -0.39 is 177 Å². The summed E-state index contributed by atoms with van der Waals surface area (Å²) in [5.74, 6) is -1.79. The van der Waals surface area contributed by atoms with Gasteiger partial charge in [-0.2, -0.15) is 0 Å². The normalized spacial score (nSPS) is 28.2. The van der Waals surface area contributed by atoms with Gasteiger partial charge in [0.15, 0.2) is 0 Å². The van der Waals surface area contributed by atoms with Gasteiger partial charge in [-0.15, -0.1) is 0 Å². The number of hydrogen-bond acceptors (Lipinski definition) is 24. The molecule has 24 nitrogen and oxygen atoms in total. The lowest BCUT2D eigenvalue weighted by Gasteiger charge is -2.43. The minimum atomic E-state index is -1.87. The molecule has 0 aromatic heterocycles. The van der Waals surface area contributed by atoms with Crippen molar-refractivity contribution in [3.8, 4) is 0 Å². The minimum Gasteiger partial charge on any atom is -0.394 e. The zero-order valence-electron chi connectivity index (χ0n) is 54.4. The fraction of sp³-hybridized carbons (Fsp3) is 0.851. The van der Waals surface area contributed by atoms with Crippen LogP contribution in [-0.2, 0) is 9.47 Å². The van der Waals surface area contributed by atoms with Crippen LogP contribution in [0.15, 0.2) is 60.2 Å². The standard InChI is InChI=1S/C67H121ClO24/c1-39(21-17-29-47(74)59(84)57(82)40(2)30-32-49(76)56(81)42(4)35-45(72)26-19-24-43(70)22-18-23-44(71)25-20-27-46(73)38-69)55(80)51(78)36-54-63(88)64(89)65(90)66(91-54)50(77)33-31-41(3)58(83)62(87)53-37-52(79)61(86)67(92-53)60(85)48(75)28-15-13-11-9-7-5-6-8-10-12-14-16-34-68/h12,14-16,20,25,28,34,39-40,42-67,69-90H,3,5-11,13,17-19,21-24,26-27,29-33,35-38H2,1-2,4H3. The largest absolute Gasteiger partial charge is 0.394 e. The van der Waals surface area contributed by atoms with E-state index in [0.717, 1.165) is 44.9 Å². The van der Waals surface area contributed by atoms with Gasteiger partial charge >= 0.3 is 0 Å². The molecular formula is C67H121ClO24. The number of rotatable bonds is 50. The molecule has 0 amide bonds. The topological polar surface area (TPSA) is 464 Å². The van der Waals surface area contributed by atoms with Crippen LogP contribution in [0, 0.1) is 17.8 Å². The third kappa shape index (κ3) is 31.7. The highest BCUT2D eigenvalue weighted by atomic mass is 35.5. The third-order valence-electron chi connectivity index (χ3n) is 18.4. The monoisotopic (exact) mass is 1340 g/mol. The average molecular weight is 1350 g/mol. The molecule has 2 aliphatic rings. The van der Waals surface area contributed by atoms with Crippen LogP contribution in [-0.4, -0.2) is 272 Å². The van der Waals surface area contributed by atoms with Crippen LogP contribution in [0.25, 0.3) is 0 Å². The summed E-state index contributed by atoms with van der Waals surface area (Å²) >= 11 is 5.50. The van der Waals surface area contributed by atoms with E-state index in [4.69, 9.17) is 26.2 Å². The molecule has 0 aromatic carbocycles. The lowest BCUT2D eigenvalue weighted by molar-refractivity contribution is -0.250. The smallest absolute Gasteiger partial charge is 0.115 e. The Kier molecular flexibility index (Phi) is 44.1. The first kappa shape index (κ1) is 86.1. The van der Waals surface area contributed by atoms with Gasteiger partial charge in [0.2, 0.25) is 0 Å². The summed E-state index contributed by atoms with van der Waals surface area (Å²) in [4.78, 5) is 0. The Morgan fingerprint density at radius 3 is 1.72 bits per heavy atom. The number of hydrogen-bond donors (Lipinski definition) is 22. The number of ether oxygens (including phenoxy) is 2. The predicted octanol–water partition coefficient (Wildman–Crippen LogP) is 0.731. The number of unbranched alkanes of at least 4 members (excludes halogenated alkanes) is 7. The summed E-state index contributed by atoms with van der Waals surface area (Å²) < 4.78 is 11.6. The summed E-state index contributed by atoms with van der Waals surface area (Å²) in [6, 6.07) is 0. The molecule has 0 bridgehead atoms. The SMILES string of the molecule is C=C(CCC(O)C1OC(CC(O)C(O)C(C)CCCC(O)C(O)C(O)C(C)CCC(O)C(O)C(C)CC(O)CCCC(O)CCCC(O)C=CCC(O)CO)C(O)C(O)C1O)C(O)C(O)C1CC(O)C(O)C(C(O)C(O)C=CCCCCCCCCC=CC=CCl)O1. The fourth-order valence-corrected chi connectivity index (χ4v) is 12.1. The van der Waals surface area contributed by atoms with Gasteiger partial charge < -0.3 is 122 Å². The van der Waals surface area contributed by atoms with Gasteiger partial charge in [0.25, 0.3) is 0 Å². The maximum absolute atomic E-state index is 11.2. The first-order valence-corrected chi connectivity index (χ1v) is 34.1. The van der Waals surface area contributed by atoms with E-state index in [1.165, 1.54) is 11.6 Å². The molecule has 25 heteroatoms. The van der Waals surface area contributed by atoms with Crippen LogP contribution in [0.2, 0.25) is 0 Å². The van der Waals surface area contributed by atoms with Crippen LogP contribution in [0.1, 0.15) is 181 Å². The Morgan fingerprint density at radius 2 is 1.08 bits per heavy atom. The molecule has 2 rings (SSSR count). The van der Waals surface area contributed by atoms with E-state index in [-0.39, 0.29) is 76.4 Å². The van der Waals surface area contributed by atoms with E-state index >= 15 is 0 Å². The molecular weight excluding hydrogens is 1220 g/mol. The third-order valence-corrected chi connectivity index (χ3v) is 18.6. The van der Waals surface area contributed by atoms with Crippen molar-refractivity contribution in [2.75, 3.05) is 6.61 Å². The van der Waals surface area contributed by atoms with Crippen LogP contribution >= 0.6 is 11.6 Å². The summed E-state index contributed by atoms with van der Waals surface area (Å²) in [5, 5.41) is 235. The Balaban J connectivity index is 1.79. The van der Waals surface area contributed by atoms with Gasteiger partial charge in [-0.05, 0) is 139 Å². The Labute approximate surface area is 549 Å². The zero-order chi connectivity index (χ0) is 69.2. The second kappa shape index (κ2) is 47.1. The van der Waals surface area contributed by atoms with Crippen molar-refractivity contribution in [2.24, 2.45) is 17.8 Å². The summed E-state index contributed by atoms with van der Waals surface area (Å²) in [5.41, 5.74) is 1.41. The molecule has 0 spiro atoms. The zero-order valence-corrected chi connectivity index (χ0v) is 55.2. The maximum Gasteiger partial charge on any atom is 0.115 e. The number of halogens is 1. The lowest BCUT2D eigenvalue weighted by Crippen LogP contribution is -2.61. The van der Waals surface area contributed by atoms with Crippen molar-refractivity contribution < 1.29 is 122 Å². The molecule has 0 aromatic rings. The van der Waals surface area contributed by atoms with Gasteiger partial charge in [0.05, 0.1) is 92.1 Å². The fourth-order valence-electron chi connectivity index (χ4n) is 12.0.